The summed E-state index contributed by atoms with van der Waals surface area (Å²) in [5.41, 5.74) is 4.94. The second-order valence-electron chi connectivity index (χ2n) is 2.00. The number of nitrogens with two attached hydrogens (primary N) is 1. The molecule has 0 amide bonds. The number of carbonyl (C=O) groups is 1. The minimum absolute atomic E-state index is 0.0556. The van der Waals surface area contributed by atoms with Crippen molar-refractivity contribution in [1.29, 1.82) is 0 Å². The molecule has 0 saturated heterocycles. The van der Waals surface area contributed by atoms with E-state index in [1.807, 2.05) is 13.8 Å². The van der Waals surface area contributed by atoms with E-state index in [1.54, 1.807) is 0 Å². The van der Waals surface area contributed by atoms with Crippen molar-refractivity contribution in [2.75, 3.05) is 5.73 Å². The fourth-order valence-electron chi connectivity index (χ4n) is 0.664. The number of hydrogen-bond donors (Lipinski definition) is 2. The largest absolute Gasteiger partial charge is 0.477 e. The molecule has 1 aromatic heterocycles. The molecule has 0 bridgehead atoms. The van der Waals surface area contributed by atoms with Crippen molar-refractivity contribution in [3.8, 4) is 0 Å². The normalized spacial score (nSPS) is 8.43. The molecule has 0 aliphatic heterocycles. The first-order chi connectivity index (χ1) is 6.65. The Kier molecular flexibility index (Phi) is 4.83. The van der Waals surface area contributed by atoms with Gasteiger partial charge < -0.3 is 10.8 Å². The summed E-state index contributed by atoms with van der Waals surface area (Å²) < 4.78 is 0. The molecule has 6 nitrogen and oxygen atoms in total. The molecule has 0 atom stereocenters. The molecule has 76 valence electrons. The van der Waals surface area contributed by atoms with Gasteiger partial charge in [0.25, 0.3) is 0 Å². The maximum atomic E-state index is 10.3. The number of pyridine rings is 1. The van der Waals surface area contributed by atoms with Crippen LogP contribution in [0.3, 0.4) is 0 Å². The lowest BCUT2D eigenvalue weighted by atomic mass is 10.3. The Hall–Kier alpha value is -1.98. The number of aromatic carboxylic acids is 1. The van der Waals surface area contributed by atoms with Gasteiger partial charge in [0.05, 0.1) is 0 Å². The third-order valence-electron chi connectivity index (χ3n) is 1.22. The monoisotopic (exact) mass is 197 g/mol. The highest BCUT2D eigenvalue weighted by atomic mass is 16.4. The maximum absolute atomic E-state index is 10.3. The van der Waals surface area contributed by atoms with Crippen molar-refractivity contribution >= 4 is 17.5 Å². The molecule has 3 N–H and O–H groups in total. The molecule has 0 aliphatic rings. The first-order valence-electron chi connectivity index (χ1n) is 3.98. The molecule has 0 aromatic carbocycles. The van der Waals surface area contributed by atoms with Crippen molar-refractivity contribution in [3.63, 3.8) is 0 Å². The van der Waals surface area contributed by atoms with Crippen LogP contribution in [0.2, 0.25) is 0 Å². The van der Waals surface area contributed by atoms with Gasteiger partial charge in [-0.2, -0.15) is 0 Å². The number of nitroso groups, excluding NO2 is 1. The quantitative estimate of drug-likeness (QED) is 0.703. The minimum Gasteiger partial charge on any atom is -0.477 e. The molecule has 14 heavy (non-hydrogen) atoms. The maximum Gasteiger partial charge on any atom is 0.354 e. The average Bonchev–Trinajstić information content (AvgIpc) is 2.20. The highest BCUT2D eigenvalue weighted by molar-refractivity contribution is 5.86. The number of rotatable bonds is 2. The van der Waals surface area contributed by atoms with Crippen molar-refractivity contribution in [1.82, 2.24) is 4.98 Å². The van der Waals surface area contributed by atoms with Crippen LogP contribution in [-0.4, -0.2) is 16.1 Å². The summed E-state index contributed by atoms with van der Waals surface area (Å²) in [7, 11) is 0. The molecule has 0 radical (unpaired) electrons. The molecule has 0 aliphatic carbocycles. The Bertz CT molecular complexity index is 339. The van der Waals surface area contributed by atoms with Crippen LogP contribution in [0.25, 0.3) is 0 Å². The van der Waals surface area contributed by atoms with Gasteiger partial charge in [0.2, 0.25) is 0 Å². The molecular weight excluding hydrogens is 186 g/mol. The van der Waals surface area contributed by atoms with Gasteiger partial charge >= 0.3 is 5.97 Å². The highest BCUT2D eigenvalue weighted by Crippen LogP contribution is 2.18. The van der Waals surface area contributed by atoms with E-state index in [4.69, 9.17) is 10.8 Å². The standard InChI is InChI=1S/C6H5N3O3.C2H6/c7-5-3(9-12)1-2-4(8-5)6(10)11;1-2/h1-2H,(H2,7,8)(H,10,11);1-2H3. The molecule has 0 saturated carbocycles. The smallest absolute Gasteiger partial charge is 0.354 e. The van der Waals surface area contributed by atoms with Crippen molar-refractivity contribution in [3.05, 3.63) is 22.7 Å². The zero-order valence-electron chi connectivity index (χ0n) is 7.89. The topological polar surface area (TPSA) is 106 Å². The second-order valence-corrected chi connectivity index (χ2v) is 2.00. The van der Waals surface area contributed by atoms with E-state index in [9.17, 15) is 9.70 Å². The number of hydrogen-bond acceptors (Lipinski definition) is 5. The second kappa shape index (κ2) is 5.63. The molecular formula is C8H11N3O3. The van der Waals surface area contributed by atoms with Gasteiger partial charge in [-0.3, -0.25) is 0 Å². The lowest BCUT2D eigenvalue weighted by Crippen LogP contribution is -2.02. The van der Waals surface area contributed by atoms with Crippen LogP contribution in [0.4, 0.5) is 11.5 Å². The highest BCUT2D eigenvalue weighted by Gasteiger charge is 2.07. The van der Waals surface area contributed by atoms with Gasteiger partial charge in [-0.15, -0.1) is 4.91 Å². The molecule has 1 aromatic rings. The first kappa shape index (κ1) is 12.0. The Balaban J connectivity index is 0.000000791. The SMILES string of the molecule is CC.Nc1nc(C(=O)O)ccc1N=O. The Morgan fingerprint density at radius 3 is 2.43 bits per heavy atom. The van der Waals surface area contributed by atoms with Gasteiger partial charge in [0, 0.05) is 0 Å². The predicted molar refractivity (Wildman–Crippen MR) is 52.4 cm³/mol. The van der Waals surface area contributed by atoms with Crippen LogP contribution in [-0.2, 0) is 0 Å². The van der Waals surface area contributed by atoms with E-state index < -0.39 is 5.97 Å². The van der Waals surface area contributed by atoms with Crippen LogP contribution in [0.5, 0.6) is 0 Å². The van der Waals surface area contributed by atoms with E-state index >= 15 is 0 Å². The molecule has 6 heteroatoms. The van der Waals surface area contributed by atoms with Crippen molar-refractivity contribution in [2.24, 2.45) is 5.18 Å². The van der Waals surface area contributed by atoms with Crippen LogP contribution in [0.15, 0.2) is 17.3 Å². The zero-order chi connectivity index (χ0) is 11.1. The molecule has 0 fully saturated rings. The van der Waals surface area contributed by atoms with E-state index in [2.05, 4.69) is 10.2 Å². The van der Waals surface area contributed by atoms with Gasteiger partial charge in [0.1, 0.15) is 5.69 Å². The summed E-state index contributed by atoms with van der Waals surface area (Å²) in [6, 6.07) is 2.37. The number of aromatic nitrogens is 1. The summed E-state index contributed by atoms with van der Waals surface area (Å²) >= 11 is 0. The van der Waals surface area contributed by atoms with Gasteiger partial charge in [-0.25, -0.2) is 9.78 Å². The van der Waals surface area contributed by atoms with Crippen LogP contribution in [0.1, 0.15) is 24.3 Å². The van der Waals surface area contributed by atoms with Crippen molar-refractivity contribution < 1.29 is 9.90 Å². The average molecular weight is 197 g/mol. The van der Waals surface area contributed by atoms with Gasteiger partial charge in [-0.05, 0) is 17.3 Å². The third-order valence-corrected chi connectivity index (χ3v) is 1.22. The van der Waals surface area contributed by atoms with E-state index in [1.165, 1.54) is 6.07 Å². The fraction of sp³-hybridized carbons (Fsp3) is 0.250. The summed E-state index contributed by atoms with van der Waals surface area (Å²) in [4.78, 5) is 23.7. The Labute approximate surface area is 80.7 Å². The zero-order valence-corrected chi connectivity index (χ0v) is 7.89. The number of anilines is 1. The number of nitrogen functional groups attached to an aromatic ring is 1. The molecule has 0 unspecified atom stereocenters. The lowest BCUT2D eigenvalue weighted by molar-refractivity contribution is 0.0690. The van der Waals surface area contributed by atoms with E-state index in [-0.39, 0.29) is 17.2 Å². The summed E-state index contributed by atoms with van der Waals surface area (Å²) in [5.74, 6) is -1.37. The minimum atomic E-state index is -1.20. The molecule has 0 spiro atoms. The van der Waals surface area contributed by atoms with Crippen molar-refractivity contribution in [2.45, 2.75) is 13.8 Å². The van der Waals surface area contributed by atoms with Gasteiger partial charge in [-0.1, -0.05) is 13.8 Å². The molecule has 1 rings (SSSR count). The molecule has 1 heterocycles. The predicted octanol–water partition coefficient (Wildman–Crippen LogP) is 1.79. The number of carboxylic acids is 1. The summed E-state index contributed by atoms with van der Waals surface area (Å²) in [6.07, 6.45) is 0. The summed E-state index contributed by atoms with van der Waals surface area (Å²) in [6.45, 7) is 4.00. The number of carboxylic acid groups (broad SMARTS) is 1. The summed E-state index contributed by atoms with van der Waals surface area (Å²) in [5, 5.41) is 11.0. The third kappa shape index (κ3) is 2.81. The van der Waals surface area contributed by atoms with Crippen LogP contribution in [0, 0.1) is 4.91 Å². The van der Waals surface area contributed by atoms with Crippen LogP contribution >= 0.6 is 0 Å². The number of nitrogens with zero attached hydrogens (tertiary/aromatic N) is 2. The fourth-order valence-corrected chi connectivity index (χ4v) is 0.664. The van der Waals surface area contributed by atoms with E-state index in [0.717, 1.165) is 6.07 Å². The lowest BCUT2D eigenvalue weighted by Gasteiger charge is -1.96. The first-order valence-corrected chi connectivity index (χ1v) is 3.98. The Morgan fingerprint density at radius 2 is 2.07 bits per heavy atom. The Morgan fingerprint density at radius 1 is 1.50 bits per heavy atom. The van der Waals surface area contributed by atoms with Crippen LogP contribution < -0.4 is 5.73 Å². The van der Waals surface area contributed by atoms with Gasteiger partial charge in [0.15, 0.2) is 11.5 Å². The van der Waals surface area contributed by atoms with E-state index in [0.29, 0.717) is 0 Å².